The van der Waals surface area contributed by atoms with Gasteiger partial charge in [0.2, 0.25) is 0 Å². The number of benzene rings is 2. The summed E-state index contributed by atoms with van der Waals surface area (Å²) in [6.07, 6.45) is 4.66. The molecule has 3 heterocycles. The molecule has 0 bridgehead atoms. The lowest BCUT2D eigenvalue weighted by atomic mass is 9.81. The van der Waals surface area contributed by atoms with Crippen LogP contribution in [0.4, 0.5) is 20.3 Å². The van der Waals surface area contributed by atoms with Crippen LogP contribution in [0.15, 0.2) is 78.0 Å². The van der Waals surface area contributed by atoms with Gasteiger partial charge in [0.1, 0.15) is 23.5 Å². The van der Waals surface area contributed by atoms with E-state index in [9.17, 15) is 19.6 Å². The number of hydrogen-bond donors (Lipinski definition) is 3. The second-order valence-corrected chi connectivity index (χ2v) is 10.4. The van der Waals surface area contributed by atoms with Gasteiger partial charge in [-0.25, -0.2) is 18.3 Å². The Kier molecular flexibility index (Phi) is 7.14. The summed E-state index contributed by atoms with van der Waals surface area (Å²) in [5, 5.41) is 27.3. The molecule has 1 aliphatic rings. The predicted octanol–water partition coefficient (Wildman–Crippen LogP) is 5.31. The average Bonchev–Trinajstić information content (AvgIpc) is 3.38. The summed E-state index contributed by atoms with van der Waals surface area (Å²) >= 11 is 0. The SMILES string of the molecule is N#CC1CCC(c2cc(-c3ccc(NC(O)c4cccn(-c5ccc(F)cc5)c4=O)cc3F)c3c(N)ncnn23)CC1. The molecule has 212 valence electrons. The summed E-state index contributed by atoms with van der Waals surface area (Å²) in [5.41, 5.74) is 8.67. The highest BCUT2D eigenvalue weighted by molar-refractivity contribution is 5.89. The molecule has 6 rings (SSSR count). The van der Waals surface area contributed by atoms with E-state index in [0.717, 1.165) is 31.4 Å². The number of halogens is 2. The van der Waals surface area contributed by atoms with Crippen LogP contribution in [0.25, 0.3) is 22.3 Å². The Morgan fingerprint density at radius 2 is 1.81 bits per heavy atom. The van der Waals surface area contributed by atoms with Crippen LogP contribution < -0.4 is 16.6 Å². The molecule has 9 nitrogen and oxygen atoms in total. The first-order valence-electron chi connectivity index (χ1n) is 13.6. The van der Waals surface area contributed by atoms with Gasteiger partial charge in [-0.05, 0) is 86.3 Å². The van der Waals surface area contributed by atoms with E-state index >= 15 is 4.39 Å². The number of nitrogens with two attached hydrogens (primary N) is 1. The molecule has 1 unspecified atom stereocenters. The Morgan fingerprint density at radius 3 is 2.52 bits per heavy atom. The molecule has 4 N–H and O–H groups in total. The molecule has 1 aliphatic carbocycles. The molecule has 2 aromatic carbocycles. The van der Waals surface area contributed by atoms with E-state index in [4.69, 9.17) is 5.73 Å². The lowest BCUT2D eigenvalue weighted by Crippen LogP contribution is -2.26. The van der Waals surface area contributed by atoms with Crippen molar-refractivity contribution in [2.75, 3.05) is 11.1 Å². The van der Waals surface area contributed by atoms with Gasteiger partial charge < -0.3 is 16.2 Å². The number of rotatable bonds is 6. The number of nitrogens with zero attached hydrogens (tertiary/aromatic N) is 5. The number of hydrogen-bond acceptors (Lipinski definition) is 7. The van der Waals surface area contributed by atoms with Crippen molar-refractivity contribution in [3.63, 3.8) is 0 Å². The standard InChI is InChI=1S/C31H27F2N7O2/c32-20-7-10-22(11-8-20)39-13-1-2-24(31(39)42)30(41)38-21-9-12-23(26(33)14-21)25-15-27(19-5-3-18(16-34)4-6-19)40-28(25)29(35)36-17-37-40/h1-2,7-15,17-19,30,38,41H,3-6H2,(H2,35,36,37). The summed E-state index contributed by atoms with van der Waals surface area (Å²) in [4.78, 5) is 17.2. The Morgan fingerprint density at radius 1 is 1.05 bits per heavy atom. The fourth-order valence-electron chi connectivity index (χ4n) is 5.69. The monoisotopic (exact) mass is 567 g/mol. The highest BCUT2D eigenvalue weighted by Gasteiger charge is 2.27. The van der Waals surface area contributed by atoms with Crippen LogP contribution in [0.3, 0.4) is 0 Å². The quantitative estimate of drug-likeness (QED) is 0.237. The summed E-state index contributed by atoms with van der Waals surface area (Å²) < 4.78 is 32.0. The molecule has 5 aromatic rings. The maximum Gasteiger partial charge on any atom is 0.262 e. The van der Waals surface area contributed by atoms with E-state index in [1.54, 1.807) is 22.7 Å². The number of fused-ring (bicyclic) bond motifs is 1. The second-order valence-electron chi connectivity index (χ2n) is 10.4. The third kappa shape index (κ3) is 4.97. The molecular weight excluding hydrogens is 540 g/mol. The maximum absolute atomic E-state index is 15.6. The molecule has 1 saturated carbocycles. The van der Waals surface area contributed by atoms with Gasteiger partial charge in [-0.15, -0.1) is 0 Å². The van der Waals surface area contributed by atoms with Crippen LogP contribution in [0.5, 0.6) is 0 Å². The van der Waals surface area contributed by atoms with Gasteiger partial charge in [-0.2, -0.15) is 10.4 Å². The fourth-order valence-corrected chi connectivity index (χ4v) is 5.69. The second kappa shape index (κ2) is 11.1. The first kappa shape index (κ1) is 27.1. The van der Waals surface area contributed by atoms with E-state index in [-0.39, 0.29) is 34.5 Å². The van der Waals surface area contributed by atoms with Crippen LogP contribution in [-0.2, 0) is 0 Å². The summed E-state index contributed by atoms with van der Waals surface area (Å²) in [6, 6.07) is 17.1. The number of aromatic nitrogens is 4. The van der Waals surface area contributed by atoms with Gasteiger partial charge >= 0.3 is 0 Å². The Labute approximate surface area is 239 Å². The number of aliphatic hydroxyl groups excluding tert-OH is 1. The molecule has 1 fully saturated rings. The normalized spacial score (nSPS) is 17.6. The largest absolute Gasteiger partial charge is 0.382 e. The van der Waals surface area contributed by atoms with Crippen molar-refractivity contribution in [2.45, 2.75) is 37.8 Å². The molecular formula is C31H27F2N7O2. The molecule has 3 aromatic heterocycles. The van der Waals surface area contributed by atoms with Gasteiger partial charge in [0, 0.05) is 46.2 Å². The highest BCUT2D eigenvalue weighted by Crippen LogP contribution is 2.40. The third-order valence-electron chi connectivity index (χ3n) is 7.88. The maximum atomic E-state index is 15.6. The van der Waals surface area contributed by atoms with Gasteiger partial charge in [-0.3, -0.25) is 9.36 Å². The minimum atomic E-state index is -1.44. The number of nitrogen functional groups attached to an aromatic ring is 1. The average molecular weight is 568 g/mol. The van der Waals surface area contributed by atoms with Crippen molar-refractivity contribution in [1.29, 1.82) is 5.26 Å². The van der Waals surface area contributed by atoms with E-state index in [2.05, 4.69) is 21.5 Å². The van der Waals surface area contributed by atoms with Crippen molar-refractivity contribution in [3.8, 4) is 22.9 Å². The molecule has 0 amide bonds. The Balaban J connectivity index is 1.29. The molecule has 11 heteroatoms. The molecule has 0 spiro atoms. The number of aliphatic hydroxyl groups is 1. The van der Waals surface area contributed by atoms with E-state index in [1.807, 2.05) is 6.07 Å². The van der Waals surface area contributed by atoms with E-state index in [0.29, 0.717) is 16.8 Å². The zero-order valence-electron chi connectivity index (χ0n) is 22.4. The van der Waals surface area contributed by atoms with Crippen molar-refractivity contribution in [2.24, 2.45) is 5.92 Å². The predicted molar refractivity (Wildman–Crippen MR) is 154 cm³/mol. The van der Waals surface area contributed by atoms with Crippen molar-refractivity contribution >= 4 is 17.0 Å². The number of pyridine rings is 1. The number of nitrogens with one attached hydrogen (secondary N) is 1. The fraction of sp³-hybridized carbons (Fsp3) is 0.226. The lowest BCUT2D eigenvalue weighted by molar-refractivity contribution is 0.206. The van der Waals surface area contributed by atoms with Crippen LogP contribution in [0, 0.1) is 28.9 Å². The molecule has 0 saturated heterocycles. The first-order chi connectivity index (χ1) is 20.3. The van der Waals surface area contributed by atoms with Crippen molar-refractivity contribution < 1.29 is 13.9 Å². The minimum absolute atomic E-state index is 0.0328. The zero-order chi connectivity index (χ0) is 29.4. The van der Waals surface area contributed by atoms with Crippen molar-refractivity contribution in [1.82, 2.24) is 19.2 Å². The minimum Gasteiger partial charge on any atom is -0.382 e. The number of nitriles is 1. The van der Waals surface area contributed by atoms with Gasteiger partial charge in [0.25, 0.3) is 5.56 Å². The Bertz CT molecular complexity index is 1870. The molecule has 1 atom stereocenters. The summed E-state index contributed by atoms with van der Waals surface area (Å²) in [7, 11) is 0. The molecule has 0 radical (unpaired) electrons. The number of anilines is 2. The highest BCUT2D eigenvalue weighted by atomic mass is 19.1. The van der Waals surface area contributed by atoms with Crippen LogP contribution >= 0.6 is 0 Å². The smallest absolute Gasteiger partial charge is 0.262 e. The zero-order valence-corrected chi connectivity index (χ0v) is 22.4. The molecule has 0 aliphatic heterocycles. The summed E-state index contributed by atoms with van der Waals surface area (Å²) in [6.45, 7) is 0. The summed E-state index contributed by atoms with van der Waals surface area (Å²) in [5.74, 6) is -0.595. The van der Waals surface area contributed by atoms with E-state index < -0.39 is 23.4 Å². The topological polar surface area (TPSA) is 134 Å². The van der Waals surface area contributed by atoms with Gasteiger partial charge in [0.15, 0.2) is 12.0 Å². The first-order valence-corrected chi connectivity index (χ1v) is 13.6. The van der Waals surface area contributed by atoms with Crippen LogP contribution in [-0.4, -0.2) is 24.3 Å². The Hall–Kier alpha value is -5.08. The van der Waals surface area contributed by atoms with Crippen LogP contribution in [0.1, 0.15) is 49.1 Å². The van der Waals surface area contributed by atoms with Crippen LogP contribution in [0.2, 0.25) is 0 Å². The molecule has 42 heavy (non-hydrogen) atoms. The van der Waals surface area contributed by atoms with E-state index in [1.165, 1.54) is 53.5 Å². The lowest BCUT2D eigenvalue weighted by Gasteiger charge is -2.24. The third-order valence-corrected chi connectivity index (χ3v) is 7.88. The van der Waals surface area contributed by atoms with Gasteiger partial charge in [0.05, 0.1) is 11.6 Å². The van der Waals surface area contributed by atoms with Gasteiger partial charge in [-0.1, -0.05) is 0 Å². The van der Waals surface area contributed by atoms with Crippen molar-refractivity contribution in [3.05, 3.63) is 106 Å².